The predicted octanol–water partition coefficient (Wildman–Crippen LogP) is 4.37. The summed E-state index contributed by atoms with van der Waals surface area (Å²) in [6.45, 7) is 10.7. The Kier molecular flexibility index (Phi) is 5.23. The van der Waals surface area contributed by atoms with Crippen LogP contribution in [0, 0.1) is 20.8 Å². The number of carbonyl (C=O) groups excluding carboxylic acids is 1. The minimum absolute atomic E-state index is 0.0444. The van der Waals surface area contributed by atoms with Gasteiger partial charge in [-0.3, -0.25) is 4.79 Å². The van der Waals surface area contributed by atoms with Crippen LogP contribution in [-0.2, 0) is 6.54 Å². The van der Waals surface area contributed by atoms with E-state index in [0.29, 0.717) is 12.1 Å². The third kappa shape index (κ3) is 3.85. The molecule has 0 atom stereocenters. The maximum absolute atomic E-state index is 12.0. The van der Waals surface area contributed by atoms with Gasteiger partial charge in [-0.25, -0.2) is 9.97 Å². The zero-order chi connectivity index (χ0) is 18.8. The lowest BCUT2D eigenvalue weighted by molar-refractivity contribution is 0.0943. The van der Waals surface area contributed by atoms with Crippen LogP contribution in [0.2, 0.25) is 0 Å². The highest BCUT2D eigenvalue weighted by molar-refractivity contribution is 7.18. The van der Waals surface area contributed by atoms with E-state index in [1.54, 1.807) is 11.3 Å². The van der Waals surface area contributed by atoms with E-state index in [1.165, 1.54) is 10.4 Å². The molecule has 0 bridgehead atoms. The summed E-state index contributed by atoms with van der Waals surface area (Å²) in [7, 11) is 0. The number of thiophene rings is 1. The zero-order valence-corrected chi connectivity index (χ0v) is 16.6. The summed E-state index contributed by atoms with van der Waals surface area (Å²) < 4.78 is 0. The maximum Gasteiger partial charge on any atom is 0.251 e. The van der Waals surface area contributed by atoms with Crippen molar-refractivity contribution in [3.63, 3.8) is 0 Å². The van der Waals surface area contributed by atoms with Crippen LogP contribution in [0.4, 0.5) is 5.82 Å². The molecule has 0 spiro atoms. The van der Waals surface area contributed by atoms with E-state index in [4.69, 9.17) is 0 Å². The van der Waals surface area contributed by atoms with Gasteiger partial charge < -0.3 is 10.6 Å². The molecule has 0 unspecified atom stereocenters. The van der Waals surface area contributed by atoms with Crippen molar-refractivity contribution in [2.24, 2.45) is 0 Å². The Labute approximate surface area is 157 Å². The molecule has 0 aliphatic rings. The Bertz CT molecular complexity index is 945. The number of fused-ring (bicyclic) bond motifs is 1. The second-order valence-corrected chi connectivity index (χ2v) is 7.96. The Hall–Kier alpha value is -2.47. The van der Waals surface area contributed by atoms with Crippen LogP contribution in [-0.4, -0.2) is 21.9 Å². The summed E-state index contributed by atoms with van der Waals surface area (Å²) in [6, 6.07) is 7.79. The smallest absolute Gasteiger partial charge is 0.251 e. The van der Waals surface area contributed by atoms with E-state index >= 15 is 0 Å². The molecule has 5 nitrogen and oxygen atoms in total. The Morgan fingerprint density at radius 2 is 1.81 bits per heavy atom. The van der Waals surface area contributed by atoms with Crippen LogP contribution in [0.1, 0.15) is 46.0 Å². The van der Waals surface area contributed by atoms with Crippen LogP contribution < -0.4 is 10.6 Å². The van der Waals surface area contributed by atoms with E-state index < -0.39 is 0 Å². The van der Waals surface area contributed by atoms with E-state index in [0.717, 1.165) is 27.4 Å². The first-order chi connectivity index (χ1) is 12.3. The standard InChI is InChI=1S/C20H24N4OS/c1-11(2)22-19(25)16-8-6-15(7-9-16)10-21-18-17-12(3)13(4)26-20(17)24-14(5)23-18/h6-9,11H,10H2,1-5H3,(H,22,25)(H,21,23,24). The summed E-state index contributed by atoms with van der Waals surface area (Å²) in [5, 5.41) is 7.44. The SMILES string of the molecule is Cc1nc(NCc2ccc(C(=O)NC(C)C)cc2)c2c(C)c(C)sc2n1. The second-order valence-electron chi connectivity index (χ2n) is 6.76. The van der Waals surface area contributed by atoms with Gasteiger partial charge in [0.1, 0.15) is 16.5 Å². The van der Waals surface area contributed by atoms with Gasteiger partial charge in [-0.1, -0.05) is 12.1 Å². The molecule has 2 N–H and O–H groups in total. The summed E-state index contributed by atoms with van der Waals surface area (Å²) in [5.74, 6) is 1.59. The maximum atomic E-state index is 12.0. The molecular weight excluding hydrogens is 344 g/mol. The number of hydrogen-bond donors (Lipinski definition) is 2. The number of carbonyl (C=O) groups is 1. The number of aryl methyl sites for hydroxylation is 3. The van der Waals surface area contributed by atoms with Gasteiger partial charge in [-0.05, 0) is 57.9 Å². The highest BCUT2D eigenvalue weighted by Crippen LogP contribution is 2.33. The molecule has 1 aromatic carbocycles. The van der Waals surface area contributed by atoms with Gasteiger partial charge in [0.2, 0.25) is 0 Å². The highest BCUT2D eigenvalue weighted by Gasteiger charge is 2.13. The number of rotatable bonds is 5. The predicted molar refractivity (Wildman–Crippen MR) is 108 cm³/mol. The molecular formula is C20H24N4OS. The van der Waals surface area contributed by atoms with Gasteiger partial charge in [0, 0.05) is 23.0 Å². The largest absolute Gasteiger partial charge is 0.365 e. The zero-order valence-electron chi connectivity index (χ0n) is 15.8. The molecule has 0 fully saturated rings. The lowest BCUT2D eigenvalue weighted by atomic mass is 10.1. The van der Waals surface area contributed by atoms with Crippen molar-refractivity contribution in [3.05, 3.63) is 51.7 Å². The third-order valence-corrected chi connectivity index (χ3v) is 5.34. The first kappa shape index (κ1) is 18.3. The summed E-state index contributed by atoms with van der Waals surface area (Å²) >= 11 is 1.70. The minimum atomic E-state index is -0.0444. The van der Waals surface area contributed by atoms with Gasteiger partial charge >= 0.3 is 0 Å². The molecule has 0 radical (unpaired) electrons. The molecule has 26 heavy (non-hydrogen) atoms. The molecule has 6 heteroatoms. The van der Waals surface area contributed by atoms with Crippen LogP contribution >= 0.6 is 11.3 Å². The fourth-order valence-corrected chi connectivity index (χ4v) is 3.86. The molecule has 0 aliphatic heterocycles. The molecule has 1 amide bonds. The van der Waals surface area contributed by atoms with Gasteiger partial charge in [0.25, 0.3) is 5.91 Å². The first-order valence-electron chi connectivity index (χ1n) is 8.73. The lowest BCUT2D eigenvalue weighted by Gasteiger charge is -2.10. The quantitative estimate of drug-likeness (QED) is 0.702. The topological polar surface area (TPSA) is 66.9 Å². The van der Waals surface area contributed by atoms with Crippen molar-refractivity contribution in [2.75, 3.05) is 5.32 Å². The van der Waals surface area contributed by atoms with Crippen molar-refractivity contribution in [2.45, 2.75) is 47.2 Å². The van der Waals surface area contributed by atoms with Crippen molar-refractivity contribution in [3.8, 4) is 0 Å². The van der Waals surface area contributed by atoms with Gasteiger partial charge in [-0.15, -0.1) is 11.3 Å². The number of anilines is 1. The molecule has 2 heterocycles. The lowest BCUT2D eigenvalue weighted by Crippen LogP contribution is -2.30. The van der Waals surface area contributed by atoms with E-state index in [-0.39, 0.29) is 11.9 Å². The fourth-order valence-electron chi connectivity index (χ4n) is 2.79. The Morgan fingerprint density at radius 1 is 1.12 bits per heavy atom. The average molecular weight is 369 g/mol. The van der Waals surface area contributed by atoms with Crippen molar-refractivity contribution in [1.29, 1.82) is 0 Å². The molecule has 2 aromatic heterocycles. The van der Waals surface area contributed by atoms with Crippen molar-refractivity contribution >= 4 is 33.3 Å². The number of nitrogens with zero attached hydrogens (tertiary/aromatic N) is 2. The Morgan fingerprint density at radius 3 is 2.46 bits per heavy atom. The second kappa shape index (κ2) is 7.41. The highest BCUT2D eigenvalue weighted by atomic mass is 32.1. The summed E-state index contributed by atoms with van der Waals surface area (Å²) in [4.78, 5) is 23.5. The molecule has 0 saturated carbocycles. The molecule has 0 saturated heterocycles. The van der Waals surface area contributed by atoms with Crippen LogP contribution in [0.15, 0.2) is 24.3 Å². The molecule has 3 rings (SSSR count). The molecule has 3 aromatic rings. The number of amides is 1. The summed E-state index contributed by atoms with van der Waals surface area (Å²) in [6.07, 6.45) is 0. The first-order valence-corrected chi connectivity index (χ1v) is 9.55. The Balaban J connectivity index is 1.77. The van der Waals surface area contributed by atoms with Crippen molar-refractivity contribution < 1.29 is 4.79 Å². The molecule has 136 valence electrons. The summed E-state index contributed by atoms with van der Waals surface area (Å²) in [5.41, 5.74) is 3.00. The van der Waals surface area contributed by atoms with Crippen LogP contribution in [0.3, 0.4) is 0 Å². The fraction of sp³-hybridized carbons (Fsp3) is 0.350. The minimum Gasteiger partial charge on any atom is -0.365 e. The van der Waals surface area contributed by atoms with Crippen LogP contribution in [0.25, 0.3) is 10.2 Å². The number of benzene rings is 1. The van der Waals surface area contributed by atoms with E-state index in [1.807, 2.05) is 45.0 Å². The normalized spacial score (nSPS) is 11.2. The number of nitrogens with one attached hydrogen (secondary N) is 2. The average Bonchev–Trinajstić information content (AvgIpc) is 2.86. The number of aromatic nitrogens is 2. The molecule has 0 aliphatic carbocycles. The number of hydrogen-bond acceptors (Lipinski definition) is 5. The monoisotopic (exact) mass is 368 g/mol. The van der Waals surface area contributed by atoms with Crippen LogP contribution in [0.5, 0.6) is 0 Å². The third-order valence-electron chi connectivity index (χ3n) is 4.24. The van der Waals surface area contributed by atoms with E-state index in [2.05, 4.69) is 34.4 Å². The van der Waals surface area contributed by atoms with E-state index in [9.17, 15) is 4.79 Å². The van der Waals surface area contributed by atoms with Gasteiger partial charge in [0.15, 0.2) is 0 Å². The van der Waals surface area contributed by atoms with Gasteiger partial charge in [-0.2, -0.15) is 0 Å². The van der Waals surface area contributed by atoms with Crippen molar-refractivity contribution in [1.82, 2.24) is 15.3 Å². The van der Waals surface area contributed by atoms with Gasteiger partial charge in [0.05, 0.1) is 5.39 Å².